The zero-order valence-corrected chi connectivity index (χ0v) is 19.1. The third-order valence-corrected chi connectivity index (χ3v) is 5.74. The average molecular weight is 454 g/mol. The van der Waals surface area contributed by atoms with Crippen LogP contribution in [0.1, 0.15) is 47.2 Å². The Morgan fingerprint density at radius 1 is 1.06 bits per heavy atom. The van der Waals surface area contributed by atoms with Gasteiger partial charge in [0.15, 0.2) is 11.3 Å². The van der Waals surface area contributed by atoms with Crippen LogP contribution in [-0.4, -0.2) is 25.7 Å². The fraction of sp³-hybridized carbons (Fsp3) is 0.217. The number of carbonyl (C=O) groups excluding carboxylic acids is 1. The van der Waals surface area contributed by atoms with E-state index in [0.29, 0.717) is 27.1 Å². The molecule has 2 aromatic heterocycles. The van der Waals surface area contributed by atoms with Crippen molar-refractivity contribution in [3.63, 3.8) is 0 Å². The van der Waals surface area contributed by atoms with Gasteiger partial charge in [-0.3, -0.25) is 4.79 Å². The number of anilines is 1. The minimum atomic E-state index is -0.377. The van der Waals surface area contributed by atoms with Crippen LogP contribution in [0.5, 0.6) is 0 Å². The van der Waals surface area contributed by atoms with E-state index in [0.717, 1.165) is 22.4 Å². The van der Waals surface area contributed by atoms with Crippen molar-refractivity contribution in [3.8, 4) is 11.1 Å². The van der Waals surface area contributed by atoms with E-state index in [-0.39, 0.29) is 17.5 Å². The summed E-state index contributed by atoms with van der Waals surface area (Å²) in [6.07, 6.45) is 0. The molecule has 0 aliphatic rings. The fourth-order valence-corrected chi connectivity index (χ4v) is 3.79. The lowest BCUT2D eigenvalue weighted by Gasteiger charge is -2.09. The Kier molecular flexibility index (Phi) is 5.69. The van der Waals surface area contributed by atoms with E-state index >= 15 is 0 Å². The van der Waals surface area contributed by atoms with Crippen LogP contribution in [0.3, 0.4) is 0 Å². The Hall–Kier alpha value is -2.96. The van der Waals surface area contributed by atoms with E-state index < -0.39 is 0 Å². The highest BCUT2D eigenvalue weighted by Crippen LogP contribution is 2.33. The number of nitrogens with zero attached hydrogens (tertiary/aromatic N) is 4. The van der Waals surface area contributed by atoms with Gasteiger partial charge in [0.25, 0.3) is 5.91 Å². The average Bonchev–Trinajstić information content (AvgIpc) is 3.12. The molecule has 0 saturated carbocycles. The molecule has 158 valence electrons. The lowest BCUT2D eigenvalue weighted by Crippen LogP contribution is -2.18. The normalized spacial score (nSPS) is 11.3. The molecule has 0 aliphatic heterocycles. The lowest BCUT2D eigenvalue weighted by molar-refractivity contribution is 0.102. The number of aromatic nitrogens is 4. The molecule has 0 unspecified atom stereocenters. The Balaban J connectivity index is 1.80. The molecule has 0 radical (unpaired) electrons. The van der Waals surface area contributed by atoms with E-state index in [1.165, 1.54) is 0 Å². The number of aryl methyl sites for hydroxylation is 2. The number of nitrogens with one attached hydrogen (secondary N) is 1. The minimum Gasteiger partial charge on any atom is -0.320 e. The molecule has 2 aromatic carbocycles. The van der Waals surface area contributed by atoms with Crippen LogP contribution < -0.4 is 5.32 Å². The van der Waals surface area contributed by atoms with Gasteiger partial charge in [0.05, 0.1) is 17.0 Å². The summed E-state index contributed by atoms with van der Waals surface area (Å²) in [7, 11) is 0. The third-order valence-electron chi connectivity index (χ3n) is 5.10. The van der Waals surface area contributed by atoms with Crippen molar-refractivity contribution in [1.29, 1.82) is 0 Å². The van der Waals surface area contributed by atoms with Crippen molar-refractivity contribution in [2.24, 2.45) is 0 Å². The van der Waals surface area contributed by atoms with E-state index in [2.05, 4.69) is 29.4 Å². The molecule has 4 aromatic rings. The van der Waals surface area contributed by atoms with Crippen LogP contribution in [-0.2, 0) is 0 Å². The number of benzene rings is 2. The van der Waals surface area contributed by atoms with Gasteiger partial charge in [-0.05, 0) is 55.2 Å². The summed E-state index contributed by atoms with van der Waals surface area (Å²) in [5.74, 6) is -0.236. The topological polar surface area (TPSA) is 72.2 Å². The van der Waals surface area contributed by atoms with Crippen molar-refractivity contribution >= 4 is 40.4 Å². The second-order valence-corrected chi connectivity index (χ2v) is 8.56. The van der Waals surface area contributed by atoms with E-state index in [9.17, 15) is 4.79 Å². The van der Waals surface area contributed by atoms with Gasteiger partial charge in [0.1, 0.15) is 0 Å². The maximum absolute atomic E-state index is 12.9. The number of hydrogen-bond acceptors (Lipinski definition) is 4. The highest BCUT2D eigenvalue weighted by atomic mass is 35.5. The van der Waals surface area contributed by atoms with Crippen LogP contribution in [0.25, 0.3) is 16.8 Å². The summed E-state index contributed by atoms with van der Waals surface area (Å²) in [4.78, 5) is 12.9. The summed E-state index contributed by atoms with van der Waals surface area (Å²) in [5, 5.41) is 17.4. The second-order valence-electron chi connectivity index (χ2n) is 7.71. The number of rotatable bonds is 4. The smallest absolute Gasteiger partial charge is 0.278 e. The first-order valence-electron chi connectivity index (χ1n) is 9.85. The molecule has 0 aliphatic carbocycles. The van der Waals surface area contributed by atoms with Gasteiger partial charge >= 0.3 is 0 Å². The van der Waals surface area contributed by atoms with Crippen LogP contribution in [0.4, 0.5) is 5.69 Å². The molecule has 0 atom stereocenters. The Morgan fingerprint density at radius 2 is 1.84 bits per heavy atom. The Labute approximate surface area is 190 Å². The van der Waals surface area contributed by atoms with Crippen molar-refractivity contribution in [2.45, 2.75) is 33.6 Å². The second kappa shape index (κ2) is 8.29. The highest BCUT2D eigenvalue weighted by Gasteiger charge is 2.23. The summed E-state index contributed by atoms with van der Waals surface area (Å²) in [6.45, 7) is 7.83. The zero-order chi connectivity index (χ0) is 22.3. The SMILES string of the molecule is Cc1ccc(NC(=O)c2nnc3c(-c4cccc(Cl)c4)c(C(C)C)nn3c2C)cc1Cl. The largest absolute Gasteiger partial charge is 0.320 e. The number of carbonyl (C=O) groups is 1. The first-order valence-corrected chi connectivity index (χ1v) is 10.6. The molecule has 0 saturated heterocycles. The molecular weight excluding hydrogens is 433 g/mol. The Morgan fingerprint density at radius 3 is 2.52 bits per heavy atom. The van der Waals surface area contributed by atoms with Crippen LogP contribution in [0.15, 0.2) is 42.5 Å². The monoisotopic (exact) mass is 453 g/mol. The molecular formula is C23H21Cl2N5O. The van der Waals surface area contributed by atoms with E-state index in [1.54, 1.807) is 23.6 Å². The molecule has 6 nitrogen and oxygen atoms in total. The fourth-order valence-electron chi connectivity index (χ4n) is 3.42. The molecule has 2 heterocycles. The summed E-state index contributed by atoms with van der Waals surface area (Å²) < 4.78 is 1.68. The van der Waals surface area contributed by atoms with Crippen molar-refractivity contribution < 1.29 is 4.79 Å². The number of halogens is 2. The predicted molar refractivity (Wildman–Crippen MR) is 124 cm³/mol. The molecule has 31 heavy (non-hydrogen) atoms. The molecule has 1 amide bonds. The first-order chi connectivity index (χ1) is 14.8. The first kappa shape index (κ1) is 21.3. The van der Waals surface area contributed by atoms with Gasteiger partial charge in [0.2, 0.25) is 0 Å². The minimum absolute atomic E-state index is 0.141. The number of hydrogen-bond donors (Lipinski definition) is 1. The lowest BCUT2D eigenvalue weighted by atomic mass is 9.99. The molecule has 0 bridgehead atoms. The van der Waals surface area contributed by atoms with Crippen molar-refractivity contribution in [2.75, 3.05) is 5.32 Å². The third kappa shape index (κ3) is 4.01. The molecule has 4 rings (SSSR count). The van der Waals surface area contributed by atoms with Gasteiger partial charge < -0.3 is 5.32 Å². The van der Waals surface area contributed by atoms with Crippen LogP contribution in [0.2, 0.25) is 10.0 Å². The van der Waals surface area contributed by atoms with Gasteiger partial charge in [-0.1, -0.05) is 55.2 Å². The van der Waals surface area contributed by atoms with Crippen molar-refractivity contribution in [3.05, 3.63) is 75.2 Å². The summed E-state index contributed by atoms with van der Waals surface area (Å²) in [6, 6.07) is 12.9. The summed E-state index contributed by atoms with van der Waals surface area (Å²) >= 11 is 12.4. The predicted octanol–water partition coefficient (Wildman–Crippen LogP) is 6.09. The molecule has 0 spiro atoms. The molecule has 0 fully saturated rings. The standard InChI is InChI=1S/C23H21Cl2N5O/c1-12(2)20-19(15-6-5-7-16(24)10-15)22-28-27-21(14(4)30(22)29-20)23(31)26-17-9-8-13(3)18(25)11-17/h5-12H,1-4H3,(H,26,31). The number of amides is 1. The quantitative estimate of drug-likeness (QED) is 0.405. The van der Waals surface area contributed by atoms with Crippen LogP contribution >= 0.6 is 23.2 Å². The van der Waals surface area contributed by atoms with Gasteiger partial charge in [0, 0.05) is 15.7 Å². The highest BCUT2D eigenvalue weighted by molar-refractivity contribution is 6.31. The Bertz CT molecular complexity index is 1310. The van der Waals surface area contributed by atoms with Crippen molar-refractivity contribution in [1.82, 2.24) is 19.8 Å². The summed E-state index contributed by atoms with van der Waals surface area (Å²) in [5.41, 5.74) is 5.53. The maximum atomic E-state index is 12.9. The van der Waals surface area contributed by atoms with Crippen LogP contribution in [0, 0.1) is 13.8 Å². The van der Waals surface area contributed by atoms with E-state index in [1.807, 2.05) is 37.3 Å². The van der Waals surface area contributed by atoms with E-state index in [4.69, 9.17) is 28.3 Å². The van der Waals surface area contributed by atoms with Gasteiger partial charge in [-0.2, -0.15) is 5.10 Å². The van der Waals surface area contributed by atoms with Gasteiger partial charge in [-0.15, -0.1) is 10.2 Å². The van der Waals surface area contributed by atoms with Gasteiger partial charge in [-0.25, -0.2) is 4.52 Å². The maximum Gasteiger partial charge on any atom is 0.278 e. The number of fused-ring (bicyclic) bond motifs is 1. The molecule has 8 heteroatoms. The molecule has 1 N–H and O–H groups in total. The zero-order valence-electron chi connectivity index (χ0n) is 17.6.